The normalized spacial score (nSPS) is 23.4. The fourth-order valence-corrected chi connectivity index (χ4v) is 2.41. The molecule has 1 saturated carbocycles. The fraction of sp³-hybridized carbons (Fsp3) is 0.583. The summed E-state index contributed by atoms with van der Waals surface area (Å²) in [7, 11) is 0. The first-order valence-electron chi connectivity index (χ1n) is 5.85. The number of hydrogen-bond donors (Lipinski definition) is 2. The second-order valence-corrected chi connectivity index (χ2v) is 4.56. The molecule has 2 rings (SSSR count). The summed E-state index contributed by atoms with van der Waals surface area (Å²) in [6.45, 7) is 3.63. The van der Waals surface area contributed by atoms with E-state index in [0.29, 0.717) is 11.3 Å². The number of aryl methyl sites for hydroxylation is 2. The molecule has 0 saturated heterocycles. The number of H-pyrrole nitrogens is 1. The zero-order valence-electron chi connectivity index (χ0n) is 10.1. The Bertz CT molecular complexity index is 452. The minimum Gasteiger partial charge on any atom is -0.348 e. The van der Waals surface area contributed by atoms with Crippen LogP contribution in [0.2, 0.25) is 0 Å². The van der Waals surface area contributed by atoms with Crippen molar-refractivity contribution >= 4 is 5.91 Å². The molecule has 1 amide bonds. The van der Waals surface area contributed by atoms with Gasteiger partial charge in [0.1, 0.15) is 0 Å². The lowest BCUT2D eigenvalue weighted by Gasteiger charge is -2.15. The van der Waals surface area contributed by atoms with Gasteiger partial charge in [0.15, 0.2) is 0 Å². The van der Waals surface area contributed by atoms with Crippen LogP contribution in [0.3, 0.4) is 0 Å². The molecule has 0 radical (unpaired) electrons. The number of nitrogens with one attached hydrogen (secondary N) is 2. The van der Waals surface area contributed by atoms with Crippen molar-refractivity contribution in [3.8, 4) is 6.07 Å². The molecule has 1 aromatic heterocycles. The maximum atomic E-state index is 12.1. The van der Waals surface area contributed by atoms with Gasteiger partial charge in [-0.25, -0.2) is 0 Å². The van der Waals surface area contributed by atoms with E-state index in [1.807, 2.05) is 6.92 Å². The van der Waals surface area contributed by atoms with Crippen molar-refractivity contribution in [3.63, 3.8) is 0 Å². The van der Waals surface area contributed by atoms with Crippen LogP contribution in [0.15, 0.2) is 0 Å². The molecule has 1 heterocycles. The van der Waals surface area contributed by atoms with Gasteiger partial charge in [-0.05, 0) is 33.1 Å². The molecule has 2 N–H and O–H groups in total. The number of nitrogens with zero attached hydrogens (tertiary/aromatic N) is 2. The summed E-state index contributed by atoms with van der Waals surface area (Å²) in [4.78, 5) is 12.1. The molecule has 1 aliphatic rings. The van der Waals surface area contributed by atoms with Gasteiger partial charge in [0.25, 0.3) is 5.91 Å². The summed E-state index contributed by atoms with van der Waals surface area (Å²) >= 11 is 0. The predicted octanol–water partition coefficient (Wildman–Crippen LogP) is 1.45. The van der Waals surface area contributed by atoms with E-state index in [1.54, 1.807) is 6.92 Å². The van der Waals surface area contributed by atoms with Gasteiger partial charge in [0, 0.05) is 11.7 Å². The zero-order chi connectivity index (χ0) is 12.4. The predicted molar refractivity (Wildman–Crippen MR) is 62.3 cm³/mol. The Morgan fingerprint density at radius 2 is 2.29 bits per heavy atom. The second kappa shape index (κ2) is 4.58. The van der Waals surface area contributed by atoms with Crippen LogP contribution in [0.1, 0.15) is 41.0 Å². The summed E-state index contributed by atoms with van der Waals surface area (Å²) in [5, 5.41) is 18.7. The molecule has 0 spiro atoms. The Balaban J connectivity index is 2.10. The van der Waals surface area contributed by atoms with Gasteiger partial charge in [-0.3, -0.25) is 9.89 Å². The number of carbonyl (C=O) groups excluding carboxylic acids is 1. The molecule has 5 heteroatoms. The lowest BCUT2D eigenvalue weighted by molar-refractivity contribution is 0.0931. The first-order valence-corrected chi connectivity index (χ1v) is 5.85. The van der Waals surface area contributed by atoms with E-state index in [-0.39, 0.29) is 17.9 Å². The largest absolute Gasteiger partial charge is 0.348 e. The first kappa shape index (κ1) is 11.6. The van der Waals surface area contributed by atoms with Crippen LogP contribution >= 0.6 is 0 Å². The van der Waals surface area contributed by atoms with Crippen molar-refractivity contribution in [2.75, 3.05) is 0 Å². The minimum absolute atomic E-state index is 0.0128. The first-order chi connectivity index (χ1) is 8.13. The van der Waals surface area contributed by atoms with Crippen molar-refractivity contribution in [1.82, 2.24) is 15.5 Å². The summed E-state index contributed by atoms with van der Waals surface area (Å²) in [5.41, 5.74) is 2.08. The third kappa shape index (κ3) is 2.16. The van der Waals surface area contributed by atoms with Gasteiger partial charge in [0.05, 0.1) is 23.2 Å². The molecule has 2 unspecified atom stereocenters. The van der Waals surface area contributed by atoms with Crippen molar-refractivity contribution in [2.24, 2.45) is 5.92 Å². The third-order valence-corrected chi connectivity index (χ3v) is 3.35. The highest BCUT2D eigenvalue weighted by atomic mass is 16.1. The van der Waals surface area contributed by atoms with E-state index in [4.69, 9.17) is 5.26 Å². The Morgan fingerprint density at radius 1 is 1.53 bits per heavy atom. The molecule has 0 bridgehead atoms. The average Bonchev–Trinajstić information content (AvgIpc) is 2.85. The highest BCUT2D eigenvalue weighted by Crippen LogP contribution is 2.25. The maximum absolute atomic E-state index is 12.1. The molecule has 0 aromatic carbocycles. The number of nitriles is 1. The highest BCUT2D eigenvalue weighted by Gasteiger charge is 2.29. The SMILES string of the molecule is Cc1n[nH]c(C)c1C(=O)NC1CCCC1C#N. The maximum Gasteiger partial charge on any atom is 0.255 e. The second-order valence-electron chi connectivity index (χ2n) is 4.56. The molecular formula is C12H16N4O. The van der Waals surface area contributed by atoms with E-state index in [9.17, 15) is 4.79 Å². The Hall–Kier alpha value is -1.83. The van der Waals surface area contributed by atoms with Crippen molar-refractivity contribution in [3.05, 3.63) is 17.0 Å². The van der Waals surface area contributed by atoms with Gasteiger partial charge < -0.3 is 5.32 Å². The van der Waals surface area contributed by atoms with Crippen LogP contribution < -0.4 is 5.32 Å². The lowest BCUT2D eigenvalue weighted by atomic mass is 10.0. The molecule has 17 heavy (non-hydrogen) atoms. The van der Waals surface area contributed by atoms with Gasteiger partial charge in [-0.1, -0.05) is 0 Å². The van der Waals surface area contributed by atoms with Crippen LogP contribution in [0.4, 0.5) is 0 Å². The smallest absolute Gasteiger partial charge is 0.255 e. The standard InChI is InChI=1S/C12H16N4O/c1-7-11(8(2)16-15-7)12(17)14-10-5-3-4-9(10)6-13/h9-10H,3-5H2,1-2H3,(H,14,17)(H,15,16). The third-order valence-electron chi connectivity index (χ3n) is 3.35. The van der Waals surface area contributed by atoms with Gasteiger partial charge in [-0.2, -0.15) is 10.4 Å². The van der Waals surface area contributed by atoms with Crippen LogP contribution in [0.25, 0.3) is 0 Å². The summed E-state index contributed by atoms with van der Waals surface area (Å²) < 4.78 is 0. The number of hydrogen-bond acceptors (Lipinski definition) is 3. The summed E-state index contributed by atoms with van der Waals surface area (Å²) in [6, 6.07) is 2.24. The van der Waals surface area contributed by atoms with E-state index < -0.39 is 0 Å². The average molecular weight is 232 g/mol. The molecule has 2 atom stereocenters. The lowest BCUT2D eigenvalue weighted by Crippen LogP contribution is -2.37. The van der Waals surface area contributed by atoms with Crippen molar-refractivity contribution in [1.29, 1.82) is 5.26 Å². The van der Waals surface area contributed by atoms with Crippen molar-refractivity contribution < 1.29 is 4.79 Å². The quantitative estimate of drug-likeness (QED) is 0.809. The Morgan fingerprint density at radius 3 is 2.88 bits per heavy atom. The summed E-state index contributed by atoms with van der Waals surface area (Å²) in [5.74, 6) is -0.174. The van der Waals surface area contributed by atoms with Gasteiger partial charge in [0.2, 0.25) is 0 Å². The topological polar surface area (TPSA) is 81.6 Å². The van der Waals surface area contributed by atoms with Crippen LogP contribution in [-0.4, -0.2) is 22.1 Å². The fourth-order valence-electron chi connectivity index (χ4n) is 2.41. The monoisotopic (exact) mass is 232 g/mol. The van der Waals surface area contributed by atoms with Gasteiger partial charge in [-0.15, -0.1) is 0 Å². The Kier molecular flexibility index (Phi) is 3.14. The number of rotatable bonds is 2. The van der Waals surface area contributed by atoms with E-state index >= 15 is 0 Å². The molecule has 1 aromatic rings. The van der Waals surface area contributed by atoms with E-state index in [0.717, 1.165) is 25.0 Å². The number of amides is 1. The zero-order valence-corrected chi connectivity index (χ0v) is 10.1. The van der Waals surface area contributed by atoms with E-state index in [1.165, 1.54) is 0 Å². The molecule has 90 valence electrons. The minimum atomic E-state index is -0.124. The number of carbonyl (C=O) groups is 1. The molecule has 1 aliphatic carbocycles. The number of aromatic amines is 1. The summed E-state index contributed by atoms with van der Waals surface area (Å²) in [6.07, 6.45) is 2.78. The molecular weight excluding hydrogens is 216 g/mol. The van der Waals surface area contributed by atoms with Crippen molar-refractivity contribution in [2.45, 2.75) is 39.2 Å². The number of aromatic nitrogens is 2. The molecule has 5 nitrogen and oxygen atoms in total. The van der Waals surface area contributed by atoms with Crippen LogP contribution in [0, 0.1) is 31.1 Å². The van der Waals surface area contributed by atoms with Crippen LogP contribution in [-0.2, 0) is 0 Å². The molecule has 0 aliphatic heterocycles. The highest BCUT2D eigenvalue weighted by molar-refractivity contribution is 5.96. The molecule has 1 fully saturated rings. The van der Waals surface area contributed by atoms with E-state index in [2.05, 4.69) is 21.6 Å². The van der Waals surface area contributed by atoms with Gasteiger partial charge >= 0.3 is 0 Å². The van der Waals surface area contributed by atoms with Crippen LogP contribution in [0.5, 0.6) is 0 Å². The Labute approximate surface area is 100 Å².